The number of ketones is 4. The highest BCUT2D eigenvalue weighted by Gasteiger charge is 2.69. The second kappa shape index (κ2) is 9.18. The molecule has 0 spiro atoms. The summed E-state index contributed by atoms with van der Waals surface area (Å²) in [6.07, 6.45) is -3.99. The molecule has 0 heterocycles. The second-order valence-electron chi connectivity index (χ2n) is 11.7. The average Bonchev–Trinajstić information content (AvgIpc) is 3.65. The van der Waals surface area contributed by atoms with Crippen LogP contribution in [0.3, 0.4) is 0 Å². The number of alkyl halides is 3. The van der Waals surface area contributed by atoms with Gasteiger partial charge in [0.2, 0.25) is 5.91 Å². The number of benzene rings is 1. The molecule has 4 N–H and O–H groups in total. The van der Waals surface area contributed by atoms with Crippen LogP contribution in [-0.2, 0) is 38.3 Å². The molecule has 0 radical (unpaired) electrons. The van der Waals surface area contributed by atoms with Crippen molar-refractivity contribution in [2.45, 2.75) is 56.1 Å². The van der Waals surface area contributed by atoms with E-state index in [-0.39, 0.29) is 24.6 Å². The molecule has 1 amide bonds. The lowest BCUT2D eigenvalue weighted by atomic mass is 9.52. The number of likely N-dealkylation sites (N-methyl/N-ethyl adjacent to an activating group) is 1. The first kappa shape index (κ1) is 28.4. The van der Waals surface area contributed by atoms with E-state index >= 15 is 0 Å². The summed E-state index contributed by atoms with van der Waals surface area (Å²) in [4.78, 5) is 69.0. The third-order valence-electron chi connectivity index (χ3n) is 9.02. The van der Waals surface area contributed by atoms with Crippen LogP contribution in [0.5, 0.6) is 5.75 Å². The highest BCUT2D eigenvalue weighted by molar-refractivity contribution is 6.32. The van der Waals surface area contributed by atoms with E-state index in [9.17, 15) is 47.4 Å². The van der Waals surface area contributed by atoms with Crippen LogP contribution in [0, 0.1) is 23.7 Å². The number of phenolic OH excluding ortho intramolecular Hbond substituents is 1. The fourth-order valence-corrected chi connectivity index (χ4v) is 7.14. The number of hydrogen-bond acceptors (Lipinski definition) is 9. The Hall–Kier alpha value is -3.16. The monoisotopic (exact) mass is 565 g/mol. The normalized spacial score (nSPS) is 32.3. The number of aromatic hydroxyl groups is 1. The maximum atomic E-state index is 14.5. The van der Waals surface area contributed by atoms with Crippen molar-refractivity contribution in [2.24, 2.45) is 29.4 Å². The Labute approximate surface area is 227 Å². The summed E-state index contributed by atoms with van der Waals surface area (Å²) in [6, 6.07) is -0.331. The van der Waals surface area contributed by atoms with Gasteiger partial charge in [0.15, 0.2) is 34.7 Å². The van der Waals surface area contributed by atoms with Crippen molar-refractivity contribution in [3.63, 3.8) is 0 Å². The molecule has 40 heavy (non-hydrogen) atoms. The van der Waals surface area contributed by atoms with Gasteiger partial charge in [0, 0.05) is 18.5 Å². The molecule has 1 aromatic carbocycles. The predicted octanol–water partition coefficient (Wildman–Crippen LogP) is 0.480. The first-order valence-corrected chi connectivity index (χ1v) is 13.0. The Bertz CT molecular complexity index is 1360. The van der Waals surface area contributed by atoms with Crippen LogP contribution in [-0.4, -0.2) is 87.9 Å². The number of carbonyl (C=O) groups excluding carboxylic acids is 5. The molecule has 4 aliphatic rings. The summed E-state index contributed by atoms with van der Waals surface area (Å²) in [7, 11) is 4.53. The van der Waals surface area contributed by atoms with E-state index in [0.29, 0.717) is 0 Å². The number of fused-ring (bicyclic) bond motifs is 3. The number of halogens is 3. The van der Waals surface area contributed by atoms with E-state index in [2.05, 4.69) is 0 Å². The number of amides is 1. The van der Waals surface area contributed by atoms with Crippen LogP contribution in [0.2, 0.25) is 0 Å². The van der Waals surface area contributed by atoms with Gasteiger partial charge in [-0.2, -0.15) is 13.2 Å². The number of aliphatic hydroxyl groups is 1. The molecule has 2 unspecified atom stereocenters. The molecule has 4 aliphatic carbocycles. The number of nitrogens with two attached hydrogens (primary N) is 1. The number of hydrogen-bond donors (Lipinski definition) is 3. The zero-order valence-electron chi connectivity index (χ0n) is 22.1. The summed E-state index contributed by atoms with van der Waals surface area (Å²) in [6.45, 7) is -0.121. The number of phenols is 1. The summed E-state index contributed by atoms with van der Waals surface area (Å²) in [5, 5.41) is 22.4. The van der Waals surface area contributed by atoms with E-state index in [0.717, 1.165) is 18.9 Å². The third-order valence-corrected chi connectivity index (χ3v) is 9.02. The molecule has 0 saturated heterocycles. The van der Waals surface area contributed by atoms with Crippen molar-refractivity contribution in [1.29, 1.82) is 0 Å². The SMILES string of the molecule is CN(Cc1cc(O)c2c(c1C(F)(F)F)C[C@H]1C[C@H]3[C@H](N(C)C)C(=O)C(C(N)=O)C(=O)[C@@]3(O)C(=O)C1C2=O)C1CC1. The van der Waals surface area contributed by atoms with Gasteiger partial charge in [-0.3, -0.25) is 33.8 Å². The minimum Gasteiger partial charge on any atom is -0.507 e. The smallest absolute Gasteiger partial charge is 0.417 e. The molecule has 0 aliphatic heterocycles. The standard InChI is InChI=1S/C27H30F3N3O7/c1-32(2)20-14-7-10-6-13-17(15(34)8-11(19(13)27(28,29)30)9-33(3)12-4-5-12)21(35)16(10)23(37)26(14,40)24(38)18(22(20)36)25(31)39/h8,10,12,14,16,18,20,34,40H,4-7,9H2,1-3H3,(H2,31,39)/t10-,14-,16?,18?,20-,26-/m0/s1. The maximum absolute atomic E-state index is 14.5. The Balaban J connectivity index is 1.65. The predicted molar refractivity (Wildman–Crippen MR) is 131 cm³/mol. The molecule has 6 atom stereocenters. The molecule has 216 valence electrons. The lowest BCUT2D eigenvalue weighted by Gasteiger charge is -2.52. The minimum atomic E-state index is -4.89. The molecule has 5 rings (SSSR count). The van der Waals surface area contributed by atoms with Gasteiger partial charge in [-0.25, -0.2) is 0 Å². The fraction of sp³-hybridized carbons (Fsp3) is 0.593. The quantitative estimate of drug-likeness (QED) is 0.432. The number of nitrogens with zero attached hydrogens (tertiary/aromatic N) is 2. The molecular formula is C27H30F3N3O7. The molecule has 0 bridgehead atoms. The minimum absolute atomic E-state index is 0.118. The molecule has 10 nitrogen and oxygen atoms in total. The van der Waals surface area contributed by atoms with Crippen LogP contribution in [0.15, 0.2) is 6.07 Å². The first-order valence-electron chi connectivity index (χ1n) is 13.0. The Kier molecular flexibility index (Phi) is 6.51. The van der Waals surface area contributed by atoms with Gasteiger partial charge < -0.3 is 15.9 Å². The zero-order valence-corrected chi connectivity index (χ0v) is 22.1. The van der Waals surface area contributed by atoms with Crippen LogP contribution >= 0.6 is 0 Å². The van der Waals surface area contributed by atoms with Crippen molar-refractivity contribution < 1.29 is 47.4 Å². The van der Waals surface area contributed by atoms with Gasteiger partial charge >= 0.3 is 6.18 Å². The third kappa shape index (κ3) is 4.00. The molecule has 13 heteroatoms. The Morgan fingerprint density at radius 3 is 2.27 bits per heavy atom. The molecular weight excluding hydrogens is 535 g/mol. The number of rotatable bonds is 5. The molecule has 3 saturated carbocycles. The highest BCUT2D eigenvalue weighted by atomic mass is 19.4. The van der Waals surface area contributed by atoms with E-state index in [1.54, 1.807) is 11.9 Å². The Morgan fingerprint density at radius 1 is 1.12 bits per heavy atom. The summed E-state index contributed by atoms with van der Waals surface area (Å²) >= 11 is 0. The van der Waals surface area contributed by atoms with E-state index in [1.165, 1.54) is 19.0 Å². The van der Waals surface area contributed by atoms with Crippen molar-refractivity contribution in [2.75, 3.05) is 21.1 Å². The lowest BCUT2D eigenvalue weighted by Crippen LogP contribution is -2.74. The van der Waals surface area contributed by atoms with Gasteiger partial charge in [-0.1, -0.05) is 0 Å². The lowest BCUT2D eigenvalue weighted by molar-refractivity contribution is -0.181. The molecule has 1 aromatic rings. The molecule has 0 aromatic heterocycles. The maximum Gasteiger partial charge on any atom is 0.417 e. The second-order valence-corrected chi connectivity index (χ2v) is 11.7. The highest BCUT2D eigenvalue weighted by Crippen LogP contribution is 2.53. The number of carbonyl (C=O) groups is 5. The fourth-order valence-electron chi connectivity index (χ4n) is 7.14. The van der Waals surface area contributed by atoms with Crippen LogP contribution in [0.1, 0.15) is 46.3 Å². The van der Waals surface area contributed by atoms with Gasteiger partial charge in [0.25, 0.3) is 0 Å². The van der Waals surface area contributed by atoms with E-state index < -0.39 is 99.4 Å². The first-order chi connectivity index (χ1) is 18.5. The number of primary amides is 1. The van der Waals surface area contributed by atoms with Crippen LogP contribution in [0.4, 0.5) is 13.2 Å². The van der Waals surface area contributed by atoms with Gasteiger partial charge in [0.1, 0.15) is 5.75 Å². The largest absolute Gasteiger partial charge is 0.507 e. The van der Waals surface area contributed by atoms with Gasteiger partial charge in [0.05, 0.1) is 23.1 Å². The van der Waals surface area contributed by atoms with E-state index in [1.807, 2.05) is 0 Å². The van der Waals surface area contributed by atoms with Crippen molar-refractivity contribution in [1.82, 2.24) is 9.80 Å². The van der Waals surface area contributed by atoms with Crippen molar-refractivity contribution >= 4 is 29.0 Å². The van der Waals surface area contributed by atoms with E-state index in [4.69, 9.17) is 5.73 Å². The zero-order chi connectivity index (χ0) is 29.6. The van der Waals surface area contributed by atoms with Gasteiger partial charge in [-0.05, 0) is 69.9 Å². The van der Waals surface area contributed by atoms with Crippen molar-refractivity contribution in [3.8, 4) is 5.75 Å². The number of Topliss-reactive ketones (excluding diaryl/α,β-unsaturated/α-hetero) is 4. The van der Waals surface area contributed by atoms with Crippen LogP contribution < -0.4 is 5.73 Å². The topological polar surface area (TPSA) is 158 Å². The van der Waals surface area contributed by atoms with Crippen LogP contribution in [0.25, 0.3) is 0 Å². The Morgan fingerprint density at radius 2 is 1.75 bits per heavy atom. The summed E-state index contributed by atoms with van der Waals surface area (Å²) in [5.41, 5.74) is -0.0367. The van der Waals surface area contributed by atoms with Gasteiger partial charge in [-0.15, -0.1) is 0 Å². The van der Waals surface area contributed by atoms with Crippen molar-refractivity contribution in [3.05, 3.63) is 28.3 Å². The summed E-state index contributed by atoms with van der Waals surface area (Å²) < 4.78 is 43.6. The summed E-state index contributed by atoms with van der Waals surface area (Å²) in [5.74, 6) is -13.3. The molecule has 3 fully saturated rings. The average molecular weight is 566 g/mol.